The molecular formula is C17H26F6. The Kier molecular flexibility index (Phi) is 5.32. The summed E-state index contributed by atoms with van der Waals surface area (Å²) >= 11 is 0. The van der Waals surface area contributed by atoms with Crippen LogP contribution in [0.4, 0.5) is 26.3 Å². The van der Waals surface area contributed by atoms with Gasteiger partial charge in [0.15, 0.2) is 5.41 Å². The minimum Gasteiger partial charge on any atom is -0.170 e. The predicted octanol–water partition coefficient (Wildman–Crippen LogP) is 6.75. The van der Waals surface area contributed by atoms with Gasteiger partial charge < -0.3 is 0 Å². The molecule has 4 unspecified atom stereocenters. The van der Waals surface area contributed by atoms with Crippen LogP contribution < -0.4 is 0 Å². The Hall–Kier alpha value is -0.420. The highest BCUT2D eigenvalue weighted by Crippen LogP contribution is 2.65. The second-order valence-corrected chi connectivity index (χ2v) is 7.80. The average molecular weight is 344 g/mol. The molecule has 0 radical (unpaired) electrons. The summed E-state index contributed by atoms with van der Waals surface area (Å²) in [6.45, 7) is 3.54. The zero-order valence-electron chi connectivity index (χ0n) is 13.7. The third kappa shape index (κ3) is 3.37. The standard InChI is InChI=1S/C17H26F6/c1-11-5-3-7-13(9-11)15(16(18,19)20,17(21,22)23)14-8-4-6-12(2)10-14/h11-14H,3-10H2,1-2H3. The Morgan fingerprint density at radius 1 is 0.609 bits per heavy atom. The van der Waals surface area contributed by atoms with Gasteiger partial charge in [-0.1, -0.05) is 39.5 Å². The van der Waals surface area contributed by atoms with E-state index in [0.717, 1.165) is 12.8 Å². The monoisotopic (exact) mass is 344 g/mol. The fourth-order valence-electron chi connectivity index (χ4n) is 5.12. The lowest BCUT2D eigenvalue weighted by Gasteiger charge is -2.51. The number of halogens is 6. The molecule has 0 spiro atoms. The minimum atomic E-state index is -5.24. The lowest BCUT2D eigenvalue weighted by Crippen LogP contribution is -2.60. The molecule has 0 aliphatic heterocycles. The van der Waals surface area contributed by atoms with E-state index < -0.39 is 29.6 Å². The molecule has 0 heterocycles. The van der Waals surface area contributed by atoms with Gasteiger partial charge in [0.05, 0.1) is 0 Å². The smallest absolute Gasteiger partial charge is 0.170 e. The van der Waals surface area contributed by atoms with E-state index in [4.69, 9.17) is 0 Å². The summed E-state index contributed by atoms with van der Waals surface area (Å²) in [6.07, 6.45) is -7.98. The van der Waals surface area contributed by atoms with Crippen molar-refractivity contribution in [2.75, 3.05) is 0 Å². The number of alkyl halides is 6. The summed E-state index contributed by atoms with van der Waals surface area (Å²) in [5, 5.41) is 0. The van der Waals surface area contributed by atoms with Crippen LogP contribution in [0.3, 0.4) is 0 Å². The van der Waals surface area contributed by atoms with Crippen LogP contribution in [0.5, 0.6) is 0 Å². The second-order valence-electron chi connectivity index (χ2n) is 7.80. The molecule has 2 rings (SSSR count). The number of hydrogen-bond donors (Lipinski definition) is 0. The van der Waals surface area contributed by atoms with Crippen LogP contribution in [0.25, 0.3) is 0 Å². The topological polar surface area (TPSA) is 0 Å². The molecule has 136 valence electrons. The lowest BCUT2D eigenvalue weighted by molar-refractivity contribution is -0.383. The molecule has 2 aliphatic rings. The second kappa shape index (κ2) is 6.47. The van der Waals surface area contributed by atoms with Gasteiger partial charge in [0.1, 0.15) is 0 Å². The van der Waals surface area contributed by atoms with Crippen molar-refractivity contribution in [2.24, 2.45) is 29.1 Å². The maximum Gasteiger partial charge on any atom is 0.403 e. The van der Waals surface area contributed by atoms with Gasteiger partial charge >= 0.3 is 12.4 Å². The van der Waals surface area contributed by atoms with Gasteiger partial charge in [0, 0.05) is 0 Å². The van der Waals surface area contributed by atoms with Gasteiger partial charge in [-0.05, 0) is 49.4 Å². The molecule has 0 N–H and O–H groups in total. The van der Waals surface area contributed by atoms with Gasteiger partial charge in [-0.25, -0.2) is 0 Å². The summed E-state index contributed by atoms with van der Waals surface area (Å²) in [5.41, 5.74) is -3.52. The first-order chi connectivity index (χ1) is 10.5. The molecule has 0 saturated heterocycles. The van der Waals surface area contributed by atoms with Crippen LogP contribution in [0, 0.1) is 29.1 Å². The summed E-state index contributed by atoms with van der Waals surface area (Å²) in [4.78, 5) is 0. The quantitative estimate of drug-likeness (QED) is 0.486. The molecule has 6 heteroatoms. The van der Waals surface area contributed by atoms with Gasteiger partial charge in [-0.3, -0.25) is 0 Å². The van der Waals surface area contributed by atoms with E-state index in [1.807, 2.05) is 0 Å². The van der Waals surface area contributed by atoms with E-state index in [1.165, 1.54) is 0 Å². The third-order valence-corrected chi connectivity index (χ3v) is 6.10. The first-order valence-electron chi connectivity index (χ1n) is 8.63. The highest BCUT2D eigenvalue weighted by molar-refractivity contribution is 5.04. The number of hydrogen-bond acceptors (Lipinski definition) is 0. The molecule has 0 amide bonds. The van der Waals surface area contributed by atoms with E-state index >= 15 is 0 Å². The Morgan fingerprint density at radius 2 is 0.957 bits per heavy atom. The lowest BCUT2D eigenvalue weighted by atomic mass is 9.56. The van der Waals surface area contributed by atoms with E-state index in [1.54, 1.807) is 13.8 Å². The highest BCUT2D eigenvalue weighted by Gasteiger charge is 2.76. The van der Waals surface area contributed by atoms with Crippen molar-refractivity contribution in [1.82, 2.24) is 0 Å². The third-order valence-electron chi connectivity index (χ3n) is 6.10. The van der Waals surface area contributed by atoms with Crippen LogP contribution in [0.15, 0.2) is 0 Å². The fourth-order valence-corrected chi connectivity index (χ4v) is 5.12. The molecule has 4 atom stereocenters. The Bertz CT molecular complexity index is 359. The largest absolute Gasteiger partial charge is 0.403 e. The first kappa shape index (κ1) is 18.9. The molecule has 0 aromatic rings. The molecule has 0 aromatic heterocycles. The average Bonchev–Trinajstić information content (AvgIpc) is 2.36. The van der Waals surface area contributed by atoms with E-state index in [0.29, 0.717) is 12.8 Å². The summed E-state index contributed by atoms with van der Waals surface area (Å²) < 4.78 is 83.8. The minimum absolute atomic E-state index is 0.0316. The van der Waals surface area contributed by atoms with Crippen molar-refractivity contribution < 1.29 is 26.3 Å². The summed E-state index contributed by atoms with van der Waals surface area (Å²) in [5.74, 6) is -2.80. The van der Waals surface area contributed by atoms with E-state index in [9.17, 15) is 26.3 Å². The van der Waals surface area contributed by atoms with Crippen molar-refractivity contribution >= 4 is 0 Å². The van der Waals surface area contributed by atoms with Crippen LogP contribution in [-0.2, 0) is 0 Å². The van der Waals surface area contributed by atoms with Gasteiger partial charge in [0.25, 0.3) is 0 Å². The summed E-state index contributed by atoms with van der Waals surface area (Å²) in [7, 11) is 0. The molecule has 0 aromatic carbocycles. The molecule has 0 nitrogen and oxygen atoms in total. The number of rotatable bonds is 2. The van der Waals surface area contributed by atoms with Gasteiger partial charge in [0.2, 0.25) is 0 Å². The van der Waals surface area contributed by atoms with Crippen molar-refractivity contribution in [2.45, 2.75) is 77.6 Å². The maximum absolute atomic E-state index is 14.0. The molecular weight excluding hydrogens is 318 g/mol. The van der Waals surface area contributed by atoms with Crippen molar-refractivity contribution in [1.29, 1.82) is 0 Å². The highest BCUT2D eigenvalue weighted by atomic mass is 19.4. The molecule has 23 heavy (non-hydrogen) atoms. The zero-order chi connectivity index (χ0) is 17.5. The van der Waals surface area contributed by atoms with Crippen molar-refractivity contribution in [3.05, 3.63) is 0 Å². The fraction of sp³-hybridized carbons (Fsp3) is 1.00. The van der Waals surface area contributed by atoms with E-state index in [-0.39, 0.29) is 37.5 Å². The van der Waals surface area contributed by atoms with Gasteiger partial charge in [-0.15, -0.1) is 0 Å². The Morgan fingerprint density at radius 3 is 1.22 bits per heavy atom. The SMILES string of the molecule is CC1CCCC(C(C2CCCC(C)C2)(C(F)(F)F)C(F)(F)F)C1. The zero-order valence-corrected chi connectivity index (χ0v) is 13.7. The van der Waals surface area contributed by atoms with Crippen LogP contribution in [0.2, 0.25) is 0 Å². The van der Waals surface area contributed by atoms with Crippen LogP contribution in [0.1, 0.15) is 65.2 Å². The first-order valence-corrected chi connectivity index (χ1v) is 8.63. The van der Waals surface area contributed by atoms with Gasteiger partial charge in [-0.2, -0.15) is 26.3 Å². The molecule has 2 saturated carbocycles. The van der Waals surface area contributed by atoms with Crippen molar-refractivity contribution in [3.63, 3.8) is 0 Å². The van der Waals surface area contributed by atoms with Crippen molar-refractivity contribution in [3.8, 4) is 0 Å². The van der Waals surface area contributed by atoms with E-state index in [2.05, 4.69) is 0 Å². The molecule has 0 bridgehead atoms. The summed E-state index contributed by atoms with van der Waals surface area (Å²) in [6, 6.07) is 0. The molecule has 2 fully saturated rings. The van der Waals surface area contributed by atoms with Crippen LogP contribution in [-0.4, -0.2) is 12.4 Å². The predicted molar refractivity (Wildman–Crippen MR) is 76.8 cm³/mol. The Labute approximate surface area is 134 Å². The molecule has 2 aliphatic carbocycles. The maximum atomic E-state index is 14.0. The Balaban J connectivity index is 2.51. The van der Waals surface area contributed by atoms with Crippen LogP contribution >= 0.6 is 0 Å². The normalized spacial score (nSPS) is 34.4.